The van der Waals surface area contributed by atoms with E-state index in [1.54, 1.807) is 0 Å². The Morgan fingerprint density at radius 3 is 0.892 bits per heavy atom. The zero-order valence-corrected chi connectivity index (χ0v) is 35.8. The van der Waals surface area contributed by atoms with Gasteiger partial charge in [-0.15, -0.1) is 0 Å². The molecule has 0 aliphatic heterocycles. The van der Waals surface area contributed by atoms with Gasteiger partial charge in [0.1, 0.15) is 0 Å². The number of nitrogens with zero attached hydrogens (tertiary/aromatic N) is 3. The molecule has 0 bridgehead atoms. The monoisotopic (exact) mass is 831 g/mol. The van der Waals surface area contributed by atoms with E-state index < -0.39 is 0 Å². The Balaban J connectivity index is 1.26. The van der Waals surface area contributed by atoms with Crippen LogP contribution in [0.2, 0.25) is 0 Å². The molecule has 0 aliphatic rings. The summed E-state index contributed by atoms with van der Waals surface area (Å²) in [7, 11) is 0. The molecule has 0 saturated heterocycles. The highest BCUT2D eigenvalue weighted by atomic mass is 15.2. The van der Waals surface area contributed by atoms with Crippen LogP contribution < -0.4 is 14.7 Å². The summed E-state index contributed by atoms with van der Waals surface area (Å²) in [5, 5.41) is 4.59. The maximum atomic E-state index is 2.44. The first-order valence-electron chi connectivity index (χ1n) is 22.2. The molecule has 65 heavy (non-hydrogen) atoms. The molecule has 11 rings (SSSR count). The van der Waals surface area contributed by atoms with Crippen LogP contribution in [0, 0.1) is 0 Å². The Morgan fingerprint density at radius 1 is 0.185 bits per heavy atom. The number of benzene rings is 11. The average Bonchev–Trinajstić information content (AvgIpc) is 3.39. The number of fused-ring (bicyclic) bond motifs is 2. The minimum Gasteiger partial charge on any atom is -0.310 e. The van der Waals surface area contributed by atoms with Crippen LogP contribution in [0.3, 0.4) is 0 Å². The van der Waals surface area contributed by atoms with Crippen molar-refractivity contribution in [1.29, 1.82) is 0 Å². The number of anilines is 9. The van der Waals surface area contributed by atoms with E-state index >= 15 is 0 Å². The van der Waals surface area contributed by atoms with Gasteiger partial charge in [-0.05, 0) is 130 Å². The van der Waals surface area contributed by atoms with Crippen molar-refractivity contribution in [3.8, 4) is 22.3 Å². The molecule has 0 saturated carbocycles. The molecule has 0 aliphatic carbocycles. The lowest BCUT2D eigenvalue weighted by Gasteiger charge is -2.32. The molecule has 0 fully saturated rings. The molecule has 0 unspecified atom stereocenters. The molecule has 3 nitrogen and oxygen atoms in total. The molecule has 0 radical (unpaired) electrons. The van der Waals surface area contributed by atoms with E-state index in [0.717, 1.165) is 78.3 Å². The van der Waals surface area contributed by atoms with Crippen LogP contribution in [0.25, 0.3) is 43.8 Å². The molecule has 0 heterocycles. The predicted molar refractivity (Wildman–Crippen MR) is 276 cm³/mol. The van der Waals surface area contributed by atoms with E-state index in [9.17, 15) is 0 Å². The third-order valence-corrected chi connectivity index (χ3v) is 12.2. The second-order valence-electron chi connectivity index (χ2n) is 16.1. The summed E-state index contributed by atoms with van der Waals surface area (Å²) in [4.78, 5) is 7.16. The van der Waals surface area contributed by atoms with Gasteiger partial charge in [0.15, 0.2) is 0 Å². The number of hydrogen-bond donors (Lipinski definition) is 0. The number of para-hydroxylation sites is 6. The van der Waals surface area contributed by atoms with Gasteiger partial charge in [-0.3, -0.25) is 0 Å². The lowest BCUT2D eigenvalue weighted by atomic mass is 9.88. The van der Waals surface area contributed by atoms with Gasteiger partial charge in [-0.2, -0.15) is 0 Å². The van der Waals surface area contributed by atoms with Crippen molar-refractivity contribution in [3.63, 3.8) is 0 Å². The molecule has 0 N–H and O–H groups in total. The Morgan fingerprint density at radius 2 is 0.492 bits per heavy atom. The second kappa shape index (κ2) is 17.6. The summed E-state index contributed by atoms with van der Waals surface area (Å²) < 4.78 is 0. The molecule has 0 spiro atoms. The smallest absolute Gasteiger partial charge is 0.0619 e. The minimum atomic E-state index is 1.07. The fourth-order valence-electron chi connectivity index (χ4n) is 9.24. The zero-order chi connectivity index (χ0) is 43.4. The van der Waals surface area contributed by atoms with Crippen molar-refractivity contribution in [1.82, 2.24) is 0 Å². The van der Waals surface area contributed by atoms with E-state index in [4.69, 9.17) is 0 Å². The minimum absolute atomic E-state index is 1.07. The van der Waals surface area contributed by atoms with Crippen molar-refractivity contribution in [3.05, 3.63) is 273 Å². The SMILES string of the molecule is c1ccc(-c2ccc(-c3c4cc(N(c5ccccc5)c5ccccc5)ccc4c(N(c4ccccc4)c4ccccc4)c4cc(N(c5ccccc5)c5ccccc5)ccc34)cc2)cc1. The predicted octanol–water partition coefficient (Wildman–Crippen LogP) is 17.7. The van der Waals surface area contributed by atoms with Crippen LogP contribution in [0.5, 0.6) is 0 Å². The molecule has 0 atom stereocenters. The fourth-order valence-corrected chi connectivity index (χ4v) is 9.24. The summed E-state index contributed by atoms with van der Waals surface area (Å²) in [5.41, 5.74) is 14.5. The van der Waals surface area contributed by atoms with Crippen molar-refractivity contribution in [2.45, 2.75) is 0 Å². The van der Waals surface area contributed by atoms with Gasteiger partial charge < -0.3 is 14.7 Å². The molecule has 11 aromatic carbocycles. The summed E-state index contributed by atoms with van der Waals surface area (Å²) in [6.45, 7) is 0. The van der Waals surface area contributed by atoms with E-state index in [1.165, 1.54) is 16.7 Å². The molecule has 0 aromatic heterocycles. The molecule has 3 heteroatoms. The second-order valence-corrected chi connectivity index (χ2v) is 16.1. The maximum Gasteiger partial charge on any atom is 0.0619 e. The van der Waals surface area contributed by atoms with Crippen LogP contribution in [0.1, 0.15) is 0 Å². The first-order valence-corrected chi connectivity index (χ1v) is 22.2. The van der Waals surface area contributed by atoms with Crippen LogP contribution >= 0.6 is 0 Å². The van der Waals surface area contributed by atoms with Crippen LogP contribution in [0.4, 0.5) is 51.2 Å². The third kappa shape index (κ3) is 7.66. The Hall–Kier alpha value is -8.66. The Kier molecular flexibility index (Phi) is 10.6. The molecular formula is C62H45N3. The van der Waals surface area contributed by atoms with Crippen molar-refractivity contribution in [2.24, 2.45) is 0 Å². The Labute approximate surface area is 381 Å². The van der Waals surface area contributed by atoms with Gasteiger partial charge in [0.2, 0.25) is 0 Å². The average molecular weight is 832 g/mol. The number of hydrogen-bond acceptors (Lipinski definition) is 3. The molecular weight excluding hydrogens is 787 g/mol. The van der Waals surface area contributed by atoms with Crippen LogP contribution in [-0.2, 0) is 0 Å². The summed E-state index contributed by atoms with van der Waals surface area (Å²) >= 11 is 0. The molecule has 0 amide bonds. The van der Waals surface area contributed by atoms with Gasteiger partial charge in [0.25, 0.3) is 0 Å². The quantitative estimate of drug-likeness (QED) is 0.120. The standard InChI is InChI=1S/C62H45N3/c1-8-22-46(23-9-1)47-36-38-48(39-37-47)61-57-42-40-56(64(51-28-14-4-15-29-51)52-30-16-5-17-31-52)45-60(57)62(65(53-32-18-6-19-33-53)54-34-20-7-21-35-54)58-43-41-55(44-59(58)61)63(49-24-10-2-11-25-49)50-26-12-3-13-27-50/h1-45H. The van der Waals surface area contributed by atoms with Gasteiger partial charge in [-0.1, -0.05) is 176 Å². The van der Waals surface area contributed by atoms with Crippen molar-refractivity contribution < 1.29 is 0 Å². The molecule has 308 valence electrons. The van der Waals surface area contributed by atoms with Crippen molar-refractivity contribution >= 4 is 72.7 Å². The van der Waals surface area contributed by atoms with E-state index in [2.05, 4.69) is 288 Å². The van der Waals surface area contributed by atoms with Gasteiger partial charge in [-0.25, -0.2) is 0 Å². The largest absolute Gasteiger partial charge is 0.310 e. The van der Waals surface area contributed by atoms with Gasteiger partial charge in [0.05, 0.1) is 5.69 Å². The summed E-state index contributed by atoms with van der Waals surface area (Å²) in [6, 6.07) is 98.1. The van der Waals surface area contributed by atoms with E-state index in [0.29, 0.717) is 0 Å². The summed E-state index contributed by atoms with van der Waals surface area (Å²) in [6.07, 6.45) is 0. The lowest BCUT2D eigenvalue weighted by Crippen LogP contribution is -2.13. The Bertz CT molecular complexity index is 3210. The van der Waals surface area contributed by atoms with E-state index in [1.807, 2.05) is 0 Å². The molecule has 11 aromatic rings. The third-order valence-electron chi connectivity index (χ3n) is 12.2. The van der Waals surface area contributed by atoms with Gasteiger partial charge >= 0.3 is 0 Å². The highest BCUT2D eigenvalue weighted by Gasteiger charge is 2.25. The first kappa shape index (κ1) is 39.2. The highest BCUT2D eigenvalue weighted by Crippen LogP contribution is 2.51. The topological polar surface area (TPSA) is 9.72 Å². The summed E-state index contributed by atoms with van der Waals surface area (Å²) in [5.74, 6) is 0. The van der Waals surface area contributed by atoms with Crippen LogP contribution in [0.15, 0.2) is 273 Å². The van der Waals surface area contributed by atoms with Crippen LogP contribution in [-0.4, -0.2) is 0 Å². The number of rotatable bonds is 11. The lowest BCUT2D eigenvalue weighted by molar-refractivity contribution is 1.28. The normalized spacial score (nSPS) is 11.1. The highest BCUT2D eigenvalue weighted by molar-refractivity contribution is 6.23. The first-order chi connectivity index (χ1) is 32.3. The fraction of sp³-hybridized carbons (Fsp3) is 0. The maximum absolute atomic E-state index is 2.44. The van der Waals surface area contributed by atoms with E-state index in [-0.39, 0.29) is 0 Å². The zero-order valence-electron chi connectivity index (χ0n) is 35.8. The van der Waals surface area contributed by atoms with Crippen molar-refractivity contribution in [2.75, 3.05) is 14.7 Å². The van der Waals surface area contributed by atoms with Gasteiger partial charge in [0, 0.05) is 56.3 Å².